The summed E-state index contributed by atoms with van der Waals surface area (Å²) in [5, 5.41) is 21.0. The molecule has 0 saturated carbocycles. The lowest BCUT2D eigenvalue weighted by Crippen LogP contribution is -2.26. The molecule has 3 N–H and O–H groups in total. The normalized spacial score (nSPS) is 12.8. The van der Waals surface area contributed by atoms with Crippen LogP contribution in [0.5, 0.6) is 0 Å². The molecule has 7 nitrogen and oxygen atoms in total. The number of rotatable bonds is 6. The average Bonchev–Trinajstić information content (AvgIpc) is 2.72. The Morgan fingerprint density at radius 1 is 1.39 bits per heavy atom. The zero-order chi connectivity index (χ0) is 20.3. The first-order chi connectivity index (χ1) is 13.5. The summed E-state index contributed by atoms with van der Waals surface area (Å²) in [6.07, 6.45) is 4.19. The van der Waals surface area contributed by atoms with E-state index < -0.39 is 6.04 Å². The number of nitrogens with zero attached hydrogens (tertiary/aromatic N) is 3. The molecule has 0 bridgehead atoms. The molecule has 3 rings (SSSR count). The second-order valence-electron chi connectivity index (χ2n) is 6.28. The van der Waals surface area contributed by atoms with Gasteiger partial charge in [0.1, 0.15) is 11.2 Å². The second kappa shape index (κ2) is 8.33. The van der Waals surface area contributed by atoms with Gasteiger partial charge in [-0.1, -0.05) is 23.7 Å². The zero-order valence-corrected chi connectivity index (χ0v) is 16.2. The van der Waals surface area contributed by atoms with E-state index in [9.17, 15) is 9.90 Å². The molecule has 1 unspecified atom stereocenters. The van der Waals surface area contributed by atoms with Crippen LogP contribution in [0.4, 0.5) is 0 Å². The minimum Gasteiger partial charge on any atom is -0.394 e. The van der Waals surface area contributed by atoms with Crippen molar-refractivity contribution in [1.82, 2.24) is 19.9 Å². The first-order valence-electron chi connectivity index (χ1n) is 8.67. The number of benzene rings is 1. The second-order valence-corrected chi connectivity index (χ2v) is 6.72. The van der Waals surface area contributed by atoms with Crippen LogP contribution in [-0.4, -0.2) is 39.5 Å². The van der Waals surface area contributed by atoms with Crippen LogP contribution in [0.3, 0.4) is 0 Å². The lowest BCUT2D eigenvalue weighted by atomic mass is 10.1. The molecule has 2 aromatic heterocycles. The van der Waals surface area contributed by atoms with Crippen LogP contribution < -0.4 is 10.9 Å². The Hall–Kier alpha value is -3.03. The Bertz CT molecular complexity index is 1110. The standard InChI is InChI=1S/C20H20ClN5O2/c1-12(10-27)26-11-24-19-16(20(26)28)7-17(13-3-5-15(21)6-4-13)25-18(19)14(8-22)9-23-2/h3-9,11-12,22-23,27H,10H2,1-2H3/b14-9+,22-8?. The van der Waals surface area contributed by atoms with Gasteiger partial charge in [0.25, 0.3) is 5.56 Å². The number of nitrogens with one attached hydrogen (secondary N) is 2. The lowest BCUT2D eigenvalue weighted by Gasteiger charge is -2.14. The summed E-state index contributed by atoms with van der Waals surface area (Å²) in [6, 6.07) is 8.40. The number of pyridine rings is 1. The number of aromatic nitrogens is 3. The van der Waals surface area contributed by atoms with Crippen molar-refractivity contribution in [3.05, 3.63) is 63.9 Å². The molecule has 0 aliphatic rings. The van der Waals surface area contributed by atoms with Crippen molar-refractivity contribution in [2.75, 3.05) is 13.7 Å². The molecule has 0 fully saturated rings. The monoisotopic (exact) mass is 397 g/mol. The maximum absolute atomic E-state index is 13.1. The van der Waals surface area contributed by atoms with Gasteiger partial charge < -0.3 is 15.8 Å². The number of allylic oxidation sites excluding steroid dienone is 1. The van der Waals surface area contributed by atoms with Crippen molar-refractivity contribution in [3.63, 3.8) is 0 Å². The highest BCUT2D eigenvalue weighted by Crippen LogP contribution is 2.26. The molecule has 0 amide bonds. The number of aliphatic hydroxyl groups is 1. The van der Waals surface area contributed by atoms with Crippen LogP contribution in [0.1, 0.15) is 18.7 Å². The third kappa shape index (κ3) is 3.67. The van der Waals surface area contributed by atoms with E-state index in [1.807, 2.05) is 12.1 Å². The van der Waals surface area contributed by atoms with Crippen molar-refractivity contribution < 1.29 is 5.11 Å². The predicted molar refractivity (Wildman–Crippen MR) is 112 cm³/mol. The zero-order valence-electron chi connectivity index (χ0n) is 15.5. The van der Waals surface area contributed by atoms with E-state index in [4.69, 9.17) is 17.0 Å². The van der Waals surface area contributed by atoms with Crippen LogP contribution in [0.15, 0.2) is 47.7 Å². The van der Waals surface area contributed by atoms with Gasteiger partial charge in [-0.2, -0.15) is 0 Å². The smallest absolute Gasteiger partial charge is 0.261 e. The summed E-state index contributed by atoms with van der Waals surface area (Å²) >= 11 is 5.98. The van der Waals surface area contributed by atoms with Crippen molar-refractivity contribution in [1.29, 1.82) is 5.41 Å². The fourth-order valence-corrected chi connectivity index (χ4v) is 2.98. The van der Waals surface area contributed by atoms with Crippen LogP contribution in [0.2, 0.25) is 5.02 Å². The predicted octanol–water partition coefficient (Wildman–Crippen LogP) is 2.88. The molecular weight excluding hydrogens is 378 g/mol. The number of hydrogen-bond donors (Lipinski definition) is 3. The van der Waals surface area contributed by atoms with Crippen LogP contribution in [-0.2, 0) is 0 Å². The molecule has 28 heavy (non-hydrogen) atoms. The van der Waals surface area contributed by atoms with Gasteiger partial charge in [-0.25, -0.2) is 9.97 Å². The Labute approximate surface area is 166 Å². The molecule has 0 aliphatic carbocycles. The van der Waals surface area contributed by atoms with Crippen LogP contribution in [0.25, 0.3) is 27.7 Å². The summed E-state index contributed by atoms with van der Waals surface area (Å²) in [5.41, 5.74) is 2.38. The molecule has 0 aliphatic heterocycles. The third-order valence-corrected chi connectivity index (χ3v) is 4.63. The topological polar surface area (TPSA) is 104 Å². The number of halogens is 1. The van der Waals surface area contributed by atoms with Gasteiger partial charge in [-0.15, -0.1) is 0 Å². The molecule has 0 spiro atoms. The highest BCUT2D eigenvalue weighted by atomic mass is 35.5. The molecule has 0 saturated heterocycles. The van der Waals surface area contributed by atoms with E-state index in [2.05, 4.69) is 15.3 Å². The summed E-state index contributed by atoms with van der Waals surface area (Å²) < 4.78 is 1.39. The molecule has 8 heteroatoms. The van der Waals surface area contributed by atoms with E-state index >= 15 is 0 Å². The first kappa shape index (κ1) is 19.7. The van der Waals surface area contributed by atoms with E-state index in [1.165, 1.54) is 10.9 Å². The minimum atomic E-state index is -0.407. The maximum atomic E-state index is 13.1. The van der Waals surface area contributed by atoms with E-state index in [-0.39, 0.29) is 12.2 Å². The highest BCUT2D eigenvalue weighted by molar-refractivity contribution is 6.30. The Morgan fingerprint density at radius 2 is 2.11 bits per heavy atom. The van der Waals surface area contributed by atoms with Gasteiger partial charge in [0.05, 0.1) is 30.1 Å². The van der Waals surface area contributed by atoms with Crippen LogP contribution >= 0.6 is 11.6 Å². The van der Waals surface area contributed by atoms with Crippen molar-refractivity contribution in [2.45, 2.75) is 13.0 Å². The molecule has 0 radical (unpaired) electrons. The van der Waals surface area contributed by atoms with E-state index in [0.29, 0.717) is 32.9 Å². The highest BCUT2D eigenvalue weighted by Gasteiger charge is 2.17. The Kier molecular flexibility index (Phi) is 5.87. The lowest BCUT2D eigenvalue weighted by molar-refractivity contribution is 0.236. The Morgan fingerprint density at radius 3 is 2.71 bits per heavy atom. The number of hydrogen-bond acceptors (Lipinski definition) is 6. The first-order valence-corrected chi connectivity index (χ1v) is 9.05. The summed E-state index contributed by atoms with van der Waals surface area (Å²) in [6.45, 7) is 1.56. The largest absolute Gasteiger partial charge is 0.394 e. The van der Waals surface area contributed by atoms with Crippen molar-refractivity contribution in [3.8, 4) is 11.3 Å². The van der Waals surface area contributed by atoms with Gasteiger partial charge in [0.2, 0.25) is 0 Å². The fourth-order valence-electron chi connectivity index (χ4n) is 2.85. The van der Waals surface area contributed by atoms with Crippen molar-refractivity contribution >= 4 is 34.3 Å². The Balaban J connectivity index is 2.37. The molecule has 144 valence electrons. The van der Waals surface area contributed by atoms with Gasteiger partial charge in [0, 0.05) is 35.6 Å². The molecular formula is C20H20ClN5O2. The van der Waals surface area contributed by atoms with Gasteiger partial charge in [-0.05, 0) is 25.1 Å². The third-order valence-electron chi connectivity index (χ3n) is 4.38. The SMILES string of the molecule is CN/C=C(\C=N)c1nc(-c2ccc(Cl)cc2)cc2c(=O)n(C(C)CO)cnc12. The fraction of sp³-hybridized carbons (Fsp3) is 0.200. The minimum absolute atomic E-state index is 0.180. The van der Waals surface area contributed by atoms with Gasteiger partial charge >= 0.3 is 0 Å². The van der Waals surface area contributed by atoms with Crippen LogP contribution in [0, 0.1) is 5.41 Å². The summed E-state index contributed by atoms with van der Waals surface area (Å²) in [5.74, 6) is 0. The van der Waals surface area contributed by atoms with Gasteiger partial charge in [-0.3, -0.25) is 9.36 Å². The number of fused-ring (bicyclic) bond motifs is 1. The molecule has 1 atom stereocenters. The van der Waals surface area contributed by atoms with Gasteiger partial charge in [0.15, 0.2) is 0 Å². The van der Waals surface area contributed by atoms with Crippen molar-refractivity contribution in [2.24, 2.45) is 0 Å². The molecule has 2 heterocycles. The summed E-state index contributed by atoms with van der Waals surface area (Å²) in [7, 11) is 1.72. The quantitative estimate of drug-likeness (QED) is 0.555. The summed E-state index contributed by atoms with van der Waals surface area (Å²) in [4.78, 5) is 22.1. The molecule has 3 aromatic rings. The maximum Gasteiger partial charge on any atom is 0.261 e. The van der Waals surface area contributed by atoms with E-state index in [0.717, 1.165) is 11.8 Å². The number of aliphatic hydroxyl groups excluding tert-OH is 1. The molecule has 1 aromatic carbocycles. The average molecular weight is 398 g/mol. The van der Waals surface area contributed by atoms with E-state index in [1.54, 1.807) is 38.4 Å².